The summed E-state index contributed by atoms with van der Waals surface area (Å²) in [5.41, 5.74) is 6.28. The van der Waals surface area contributed by atoms with Crippen LogP contribution >= 0.6 is 0 Å². The van der Waals surface area contributed by atoms with Gasteiger partial charge in [0, 0.05) is 5.54 Å². The van der Waals surface area contributed by atoms with Gasteiger partial charge in [-0.1, -0.05) is 6.92 Å². The van der Waals surface area contributed by atoms with Crippen molar-refractivity contribution in [2.24, 2.45) is 5.73 Å². The molecule has 0 aromatic carbocycles. The van der Waals surface area contributed by atoms with Crippen molar-refractivity contribution >= 4 is 0 Å². The molecule has 2 rings (SSSR count). The van der Waals surface area contributed by atoms with Gasteiger partial charge in [0.2, 0.25) is 0 Å². The van der Waals surface area contributed by atoms with Gasteiger partial charge in [0.1, 0.15) is 0 Å². The highest BCUT2D eigenvalue weighted by atomic mass is 16.5. The molecule has 1 saturated carbocycles. The molecule has 1 aliphatic heterocycles. The van der Waals surface area contributed by atoms with E-state index in [1.54, 1.807) is 0 Å². The molecule has 1 saturated heterocycles. The Balaban J connectivity index is 2.19. The van der Waals surface area contributed by atoms with Gasteiger partial charge < -0.3 is 10.5 Å². The Morgan fingerprint density at radius 3 is 2.50 bits per heavy atom. The third-order valence-electron chi connectivity index (χ3n) is 3.06. The van der Waals surface area contributed by atoms with Crippen molar-refractivity contribution in [1.82, 2.24) is 0 Å². The largest absolute Gasteiger partial charge is 0.373 e. The topological polar surface area (TPSA) is 35.2 Å². The van der Waals surface area contributed by atoms with Crippen LogP contribution in [0.4, 0.5) is 0 Å². The van der Waals surface area contributed by atoms with Crippen molar-refractivity contribution in [2.75, 3.05) is 6.61 Å². The smallest absolute Gasteiger partial charge is 0.0700 e. The van der Waals surface area contributed by atoms with Crippen LogP contribution < -0.4 is 5.73 Å². The van der Waals surface area contributed by atoms with Crippen LogP contribution in [0.2, 0.25) is 0 Å². The lowest BCUT2D eigenvalue weighted by atomic mass is 9.98. The number of rotatable bonds is 1. The average molecular weight is 141 g/mol. The molecule has 2 fully saturated rings. The van der Waals surface area contributed by atoms with Gasteiger partial charge in [-0.2, -0.15) is 0 Å². The summed E-state index contributed by atoms with van der Waals surface area (Å²) >= 11 is 0. The second-order valence-corrected chi connectivity index (χ2v) is 3.86. The lowest BCUT2D eigenvalue weighted by Crippen LogP contribution is -2.38. The Bertz CT molecular complexity index is 147. The number of hydrogen-bond acceptors (Lipinski definition) is 2. The van der Waals surface area contributed by atoms with E-state index < -0.39 is 0 Å². The minimum atomic E-state index is 0.0516. The molecule has 2 atom stereocenters. The van der Waals surface area contributed by atoms with E-state index in [0.29, 0.717) is 0 Å². The van der Waals surface area contributed by atoms with Crippen molar-refractivity contribution in [3.63, 3.8) is 0 Å². The van der Waals surface area contributed by atoms with E-state index in [-0.39, 0.29) is 11.1 Å². The third kappa shape index (κ3) is 0.722. The van der Waals surface area contributed by atoms with Crippen LogP contribution in [0.5, 0.6) is 0 Å². The Hall–Kier alpha value is -0.0800. The molecule has 0 amide bonds. The van der Waals surface area contributed by atoms with Crippen LogP contribution in [-0.4, -0.2) is 17.7 Å². The first kappa shape index (κ1) is 6.62. The van der Waals surface area contributed by atoms with Crippen molar-refractivity contribution in [1.29, 1.82) is 0 Å². The van der Waals surface area contributed by atoms with Gasteiger partial charge in [0.25, 0.3) is 0 Å². The summed E-state index contributed by atoms with van der Waals surface area (Å²) < 4.78 is 5.67. The van der Waals surface area contributed by atoms with Gasteiger partial charge in [0.15, 0.2) is 0 Å². The normalized spacial score (nSPS) is 52.2. The molecule has 0 aromatic rings. The predicted molar refractivity (Wildman–Crippen MR) is 39.7 cm³/mol. The number of fused-ring (bicyclic) bond motifs is 2. The highest BCUT2D eigenvalue weighted by Crippen LogP contribution is 2.47. The molecule has 0 aromatic heterocycles. The lowest BCUT2D eigenvalue weighted by Gasteiger charge is -2.25. The minimum absolute atomic E-state index is 0.0516. The zero-order valence-corrected chi connectivity index (χ0v) is 6.52. The summed E-state index contributed by atoms with van der Waals surface area (Å²) in [6, 6.07) is 0. The van der Waals surface area contributed by atoms with E-state index in [9.17, 15) is 0 Å². The summed E-state index contributed by atoms with van der Waals surface area (Å²) in [6.45, 7) is 2.98. The maximum Gasteiger partial charge on any atom is 0.0700 e. The molecule has 0 radical (unpaired) electrons. The Labute approximate surface area is 61.7 Å². The van der Waals surface area contributed by atoms with Crippen LogP contribution in [0, 0.1) is 0 Å². The molecule has 2 bridgehead atoms. The van der Waals surface area contributed by atoms with Crippen LogP contribution in [-0.2, 0) is 4.74 Å². The van der Waals surface area contributed by atoms with E-state index in [1.807, 2.05) is 0 Å². The molecule has 10 heavy (non-hydrogen) atoms. The fourth-order valence-electron chi connectivity index (χ4n) is 2.24. The highest BCUT2D eigenvalue weighted by molar-refractivity contribution is 5.07. The van der Waals surface area contributed by atoms with Crippen LogP contribution in [0.25, 0.3) is 0 Å². The zero-order valence-electron chi connectivity index (χ0n) is 6.52. The standard InChI is InChI=1S/C8H15NO/c1-2-8-4-3-7(9,5-8)6-10-8/h2-6,9H2,1H3. The summed E-state index contributed by atoms with van der Waals surface area (Å²) in [5, 5.41) is 0. The van der Waals surface area contributed by atoms with Gasteiger partial charge in [-0.25, -0.2) is 0 Å². The SMILES string of the molecule is CCC12CCC(N)(CO1)C2. The molecule has 0 spiro atoms. The first-order valence-electron chi connectivity index (χ1n) is 4.11. The molecule has 1 heterocycles. The van der Waals surface area contributed by atoms with Crippen molar-refractivity contribution in [3.8, 4) is 0 Å². The fraction of sp³-hybridized carbons (Fsp3) is 1.00. The molecule has 2 N–H and O–H groups in total. The second-order valence-electron chi connectivity index (χ2n) is 3.86. The van der Waals surface area contributed by atoms with E-state index in [2.05, 4.69) is 6.92 Å². The number of hydrogen-bond donors (Lipinski definition) is 1. The fourth-order valence-corrected chi connectivity index (χ4v) is 2.24. The third-order valence-corrected chi connectivity index (χ3v) is 3.06. The Kier molecular flexibility index (Phi) is 1.15. The van der Waals surface area contributed by atoms with Crippen molar-refractivity contribution in [3.05, 3.63) is 0 Å². The van der Waals surface area contributed by atoms with Crippen LogP contribution in [0.15, 0.2) is 0 Å². The van der Waals surface area contributed by atoms with Crippen molar-refractivity contribution < 1.29 is 4.74 Å². The molecule has 2 heteroatoms. The summed E-state index contributed by atoms with van der Waals surface area (Å²) in [7, 11) is 0. The lowest BCUT2D eigenvalue weighted by molar-refractivity contribution is -0.0216. The highest BCUT2D eigenvalue weighted by Gasteiger charge is 2.52. The Morgan fingerprint density at radius 2 is 2.30 bits per heavy atom. The van der Waals surface area contributed by atoms with Crippen LogP contribution in [0.3, 0.4) is 0 Å². The van der Waals surface area contributed by atoms with E-state index in [1.165, 1.54) is 12.8 Å². The van der Waals surface area contributed by atoms with Crippen molar-refractivity contribution in [2.45, 2.75) is 43.7 Å². The first-order valence-corrected chi connectivity index (χ1v) is 4.11. The van der Waals surface area contributed by atoms with E-state index in [0.717, 1.165) is 19.4 Å². The summed E-state index contributed by atoms with van der Waals surface area (Å²) in [4.78, 5) is 0. The number of ether oxygens (including phenoxy) is 1. The zero-order chi connectivity index (χ0) is 7.24. The monoisotopic (exact) mass is 141 g/mol. The van der Waals surface area contributed by atoms with E-state index >= 15 is 0 Å². The summed E-state index contributed by atoms with van der Waals surface area (Å²) in [5.74, 6) is 0. The maximum atomic E-state index is 6.04. The van der Waals surface area contributed by atoms with Gasteiger partial charge in [-0.05, 0) is 25.7 Å². The van der Waals surface area contributed by atoms with Gasteiger partial charge in [-0.15, -0.1) is 0 Å². The summed E-state index contributed by atoms with van der Waals surface area (Å²) in [6.07, 6.45) is 4.57. The average Bonchev–Trinajstić information content (AvgIpc) is 2.42. The molecule has 2 unspecified atom stereocenters. The predicted octanol–water partition coefficient (Wildman–Crippen LogP) is 1.05. The van der Waals surface area contributed by atoms with Gasteiger partial charge >= 0.3 is 0 Å². The number of nitrogens with two attached hydrogens (primary N) is 1. The first-order chi connectivity index (χ1) is 4.68. The molecular formula is C8H15NO. The van der Waals surface area contributed by atoms with Gasteiger partial charge in [0.05, 0.1) is 12.2 Å². The van der Waals surface area contributed by atoms with Gasteiger partial charge in [-0.3, -0.25) is 0 Å². The van der Waals surface area contributed by atoms with Crippen LogP contribution in [0.1, 0.15) is 32.6 Å². The molecule has 1 aliphatic carbocycles. The maximum absolute atomic E-state index is 6.04. The quantitative estimate of drug-likeness (QED) is 0.592. The Morgan fingerprint density at radius 1 is 1.50 bits per heavy atom. The van der Waals surface area contributed by atoms with E-state index in [4.69, 9.17) is 10.5 Å². The molecular weight excluding hydrogens is 126 g/mol. The molecule has 2 aliphatic rings. The molecule has 2 nitrogen and oxygen atoms in total. The minimum Gasteiger partial charge on any atom is -0.373 e. The second kappa shape index (κ2) is 1.74. The molecule has 58 valence electrons.